The number of nitrogens with one attached hydrogen (secondary N) is 1. The van der Waals surface area contributed by atoms with Crippen LogP contribution in [-0.4, -0.2) is 5.78 Å². The van der Waals surface area contributed by atoms with Gasteiger partial charge in [-0.25, -0.2) is 0 Å². The predicted molar refractivity (Wildman–Crippen MR) is 64.3 cm³/mol. The highest BCUT2D eigenvalue weighted by Crippen LogP contribution is 2.19. The fourth-order valence-corrected chi connectivity index (χ4v) is 1.46. The van der Waals surface area contributed by atoms with E-state index in [4.69, 9.17) is 0 Å². The van der Waals surface area contributed by atoms with Crippen LogP contribution in [0.2, 0.25) is 0 Å². The van der Waals surface area contributed by atoms with Gasteiger partial charge in [-0.1, -0.05) is 13.5 Å². The summed E-state index contributed by atoms with van der Waals surface area (Å²) in [7, 11) is 0. The van der Waals surface area contributed by atoms with Crippen molar-refractivity contribution in [1.29, 1.82) is 0 Å². The Morgan fingerprint density at radius 3 is 2.53 bits per heavy atom. The highest BCUT2D eigenvalue weighted by atomic mass is 16.1. The molecule has 1 rings (SSSR count). The average Bonchev–Trinajstić information content (AvgIpc) is 2.17. The van der Waals surface area contributed by atoms with Gasteiger partial charge in [0.25, 0.3) is 0 Å². The van der Waals surface area contributed by atoms with E-state index in [0.29, 0.717) is 0 Å². The van der Waals surface area contributed by atoms with Gasteiger partial charge in [0.05, 0.1) is 0 Å². The van der Waals surface area contributed by atoms with Crippen LogP contribution in [0.3, 0.4) is 0 Å². The molecule has 0 aliphatic rings. The molecular formula is C13H17NO. The van der Waals surface area contributed by atoms with Crippen LogP contribution in [0.5, 0.6) is 0 Å². The Balaban J connectivity index is 3.08. The van der Waals surface area contributed by atoms with Crippen molar-refractivity contribution in [2.24, 2.45) is 0 Å². The van der Waals surface area contributed by atoms with Gasteiger partial charge in [-0.05, 0) is 44.0 Å². The lowest BCUT2D eigenvalue weighted by molar-refractivity contribution is 0.101. The van der Waals surface area contributed by atoms with Gasteiger partial charge >= 0.3 is 0 Å². The van der Waals surface area contributed by atoms with Gasteiger partial charge in [0.2, 0.25) is 0 Å². The number of carbonyl (C=O) groups is 1. The second-order valence-electron chi connectivity index (χ2n) is 3.69. The molecule has 0 amide bonds. The Morgan fingerprint density at radius 1 is 1.40 bits per heavy atom. The molecule has 2 nitrogen and oxygen atoms in total. The van der Waals surface area contributed by atoms with Crippen molar-refractivity contribution in [3.05, 3.63) is 41.6 Å². The minimum atomic E-state index is 0.103. The van der Waals surface area contributed by atoms with Crippen LogP contribution in [0.1, 0.15) is 36.7 Å². The normalized spacial score (nSPS) is 9.80. The van der Waals surface area contributed by atoms with Gasteiger partial charge in [0.1, 0.15) is 0 Å². The van der Waals surface area contributed by atoms with E-state index < -0.39 is 0 Å². The van der Waals surface area contributed by atoms with Gasteiger partial charge in [0, 0.05) is 16.9 Å². The Morgan fingerprint density at radius 2 is 2.07 bits per heavy atom. The van der Waals surface area contributed by atoms with Crippen LogP contribution < -0.4 is 5.32 Å². The van der Waals surface area contributed by atoms with Gasteiger partial charge in [-0.15, -0.1) is 0 Å². The number of carbonyl (C=O) groups excluding carboxylic acids is 1. The molecule has 0 saturated carbocycles. The average molecular weight is 203 g/mol. The summed E-state index contributed by atoms with van der Waals surface area (Å²) in [6.45, 7) is 9.38. The minimum Gasteiger partial charge on any atom is -0.359 e. The van der Waals surface area contributed by atoms with Crippen LogP contribution in [0.4, 0.5) is 5.69 Å². The fraction of sp³-hybridized carbons (Fsp3) is 0.308. The van der Waals surface area contributed by atoms with Crippen LogP contribution in [0.25, 0.3) is 0 Å². The van der Waals surface area contributed by atoms with Gasteiger partial charge in [0.15, 0.2) is 5.78 Å². The third-order valence-electron chi connectivity index (χ3n) is 2.24. The van der Waals surface area contributed by atoms with Crippen LogP contribution in [0.15, 0.2) is 30.5 Å². The molecule has 1 aromatic rings. The van der Waals surface area contributed by atoms with Crippen molar-refractivity contribution in [2.45, 2.75) is 27.2 Å². The second-order valence-corrected chi connectivity index (χ2v) is 3.69. The summed E-state index contributed by atoms with van der Waals surface area (Å²) in [5.41, 5.74) is 3.85. The summed E-state index contributed by atoms with van der Waals surface area (Å²) >= 11 is 0. The van der Waals surface area contributed by atoms with Crippen molar-refractivity contribution >= 4 is 11.5 Å². The molecule has 0 aromatic heterocycles. The summed E-state index contributed by atoms with van der Waals surface area (Å²) in [6.07, 6.45) is 0.900. The first-order valence-electron chi connectivity index (χ1n) is 5.11. The molecule has 80 valence electrons. The van der Waals surface area contributed by atoms with E-state index in [2.05, 4.69) is 18.8 Å². The highest BCUT2D eigenvalue weighted by molar-refractivity contribution is 5.94. The molecule has 0 spiro atoms. The first-order chi connectivity index (χ1) is 7.04. The molecule has 0 aliphatic heterocycles. The predicted octanol–water partition coefficient (Wildman–Crippen LogP) is 3.40. The molecule has 1 N–H and O–H groups in total. The molecule has 0 radical (unpaired) electrons. The number of rotatable bonds is 4. The number of hydrogen-bond donors (Lipinski definition) is 1. The van der Waals surface area contributed by atoms with E-state index in [9.17, 15) is 4.79 Å². The maximum absolute atomic E-state index is 11.2. The number of aryl methyl sites for hydroxylation is 1. The summed E-state index contributed by atoms with van der Waals surface area (Å²) in [4.78, 5) is 11.2. The lowest BCUT2D eigenvalue weighted by atomic mass is 10.0. The summed E-state index contributed by atoms with van der Waals surface area (Å²) in [5.74, 6) is 0.103. The van der Waals surface area contributed by atoms with Gasteiger partial charge in [-0.3, -0.25) is 4.79 Å². The number of Topliss-reactive ketones (excluding diaryl/α,β-unsaturated/α-hetero) is 1. The molecule has 0 bridgehead atoms. The van der Waals surface area contributed by atoms with E-state index >= 15 is 0 Å². The molecule has 0 fully saturated rings. The third kappa shape index (κ3) is 2.94. The number of benzene rings is 1. The highest BCUT2D eigenvalue weighted by Gasteiger charge is 2.04. The zero-order valence-electron chi connectivity index (χ0n) is 9.55. The first kappa shape index (κ1) is 11.5. The quantitative estimate of drug-likeness (QED) is 0.760. The molecule has 0 atom stereocenters. The van der Waals surface area contributed by atoms with Gasteiger partial charge < -0.3 is 5.32 Å². The summed E-state index contributed by atoms with van der Waals surface area (Å²) in [6, 6.07) is 5.71. The molecule has 0 aliphatic carbocycles. The van der Waals surface area contributed by atoms with Crippen LogP contribution in [0, 0.1) is 0 Å². The van der Waals surface area contributed by atoms with E-state index in [1.165, 1.54) is 0 Å². The minimum absolute atomic E-state index is 0.103. The monoisotopic (exact) mass is 203 g/mol. The molecule has 0 heterocycles. The second kappa shape index (κ2) is 4.78. The lowest BCUT2D eigenvalue weighted by Gasteiger charge is -2.11. The van der Waals surface area contributed by atoms with Crippen LogP contribution >= 0.6 is 0 Å². The molecule has 0 unspecified atom stereocenters. The molecule has 2 heteroatoms. The smallest absolute Gasteiger partial charge is 0.159 e. The third-order valence-corrected chi connectivity index (χ3v) is 2.24. The molecular weight excluding hydrogens is 186 g/mol. The molecule has 0 saturated heterocycles. The number of ketones is 1. The van der Waals surface area contributed by atoms with Crippen molar-refractivity contribution < 1.29 is 4.79 Å². The molecule has 1 aromatic carbocycles. The number of anilines is 1. The lowest BCUT2D eigenvalue weighted by Crippen LogP contribution is -2.01. The van der Waals surface area contributed by atoms with E-state index in [1.54, 1.807) is 6.92 Å². The fourth-order valence-electron chi connectivity index (χ4n) is 1.46. The topological polar surface area (TPSA) is 29.1 Å². The summed E-state index contributed by atoms with van der Waals surface area (Å²) < 4.78 is 0. The zero-order valence-corrected chi connectivity index (χ0v) is 9.55. The Labute approximate surface area is 91.0 Å². The standard InChI is InChI=1S/C13H17NO/c1-5-11-8-12(10(4)15)6-7-13(11)14-9(2)3/h6-8,14H,2,5H2,1,3-4H3. The first-order valence-corrected chi connectivity index (χ1v) is 5.11. The van der Waals surface area contributed by atoms with Crippen molar-refractivity contribution in [2.75, 3.05) is 5.32 Å². The van der Waals surface area contributed by atoms with Crippen molar-refractivity contribution in [1.82, 2.24) is 0 Å². The molecule has 15 heavy (non-hydrogen) atoms. The Bertz CT molecular complexity index is 394. The number of hydrogen-bond acceptors (Lipinski definition) is 2. The largest absolute Gasteiger partial charge is 0.359 e. The van der Waals surface area contributed by atoms with Crippen LogP contribution in [-0.2, 0) is 6.42 Å². The maximum Gasteiger partial charge on any atom is 0.159 e. The van der Waals surface area contributed by atoms with E-state index in [0.717, 1.165) is 28.9 Å². The van der Waals surface area contributed by atoms with Gasteiger partial charge in [-0.2, -0.15) is 0 Å². The van der Waals surface area contributed by atoms with Crippen molar-refractivity contribution in [3.63, 3.8) is 0 Å². The zero-order chi connectivity index (χ0) is 11.4. The maximum atomic E-state index is 11.2. The van der Waals surface area contributed by atoms with Crippen molar-refractivity contribution in [3.8, 4) is 0 Å². The Hall–Kier alpha value is -1.57. The summed E-state index contributed by atoms with van der Waals surface area (Å²) in [5, 5.41) is 3.18. The van der Waals surface area contributed by atoms with E-state index in [1.807, 2.05) is 25.1 Å². The number of allylic oxidation sites excluding steroid dienone is 1. The Kier molecular flexibility index (Phi) is 3.67. The SMILES string of the molecule is C=C(C)Nc1ccc(C(C)=O)cc1CC. The van der Waals surface area contributed by atoms with E-state index in [-0.39, 0.29) is 5.78 Å².